The predicted octanol–water partition coefficient (Wildman–Crippen LogP) is 5.12. The van der Waals surface area contributed by atoms with Crippen molar-refractivity contribution in [3.63, 3.8) is 0 Å². The van der Waals surface area contributed by atoms with Gasteiger partial charge in [-0.15, -0.1) is 11.3 Å². The Hall–Kier alpha value is -3.77. The SMILES string of the molecule is CN(CCO)C(=O)c1ccc(-c2cc3nccc(-c4ccc(OC5CCOCC5)c(C#N)c4)c3s2)cc1. The second kappa shape index (κ2) is 11.1. The standard InChI is InChI=1S/C29H27N3O4S/c1-32(12-13-33)29(34)20-4-2-19(3-5-20)27-17-25-28(37-27)24(8-11-31-25)21-6-7-26(22(16-21)18-30)36-23-9-14-35-15-10-23/h2-8,11,16-17,23,33H,9-10,12-15H2,1H3. The van der Waals surface area contributed by atoms with Crippen LogP contribution in [0.2, 0.25) is 0 Å². The van der Waals surface area contributed by atoms with Gasteiger partial charge in [0.1, 0.15) is 17.9 Å². The van der Waals surface area contributed by atoms with Crippen LogP contribution in [0.1, 0.15) is 28.8 Å². The fourth-order valence-electron chi connectivity index (χ4n) is 4.42. The summed E-state index contributed by atoms with van der Waals surface area (Å²) in [6, 6.07) is 19.5. The summed E-state index contributed by atoms with van der Waals surface area (Å²) in [4.78, 5) is 19.6. The van der Waals surface area contributed by atoms with Crippen molar-refractivity contribution in [2.75, 3.05) is 33.4 Å². The van der Waals surface area contributed by atoms with E-state index in [1.807, 2.05) is 42.5 Å². The number of aliphatic hydroxyl groups is 1. The lowest BCUT2D eigenvalue weighted by Gasteiger charge is -2.23. The number of thiophene rings is 1. The molecule has 0 atom stereocenters. The molecule has 3 heterocycles. The van der Waals surface area contributed by atoms with Gasteiger partial charge in [0, 0.05) is 48.6 Å². The van der Waals surface area contributed by atoms with Gasteiger partial charge >= 0.3 is 0 Å². The normalized spacial score (nSPS) is 13.9. The van der Waals surface area contributed by atoms with E-state index in [4.69, 9.17) is 14.6 Å². The van der Waals surface area contributed by atoms with Crippen molar-refractivity contribution >= 4 is 27.5 Å². The Morgan fingerprint density at radius 3 is 2.65 bits per heavy atom. The third-order valence-electron chi connectivity index (χ3n) is 6.48. The minimum atomic E-state index is -0.126. The predicted molar refractivity (Wildman–Crippen MR) is 144 cm³/mol. The number of hydrogen-bond acceptors (Lipinski definition) is 7. The van der Waals surface area contributed by atoms with Crippen LogP contribution in [0.3, 0.4) is 0 Å². The number of pyridine rings is 1. The van der Waals surface area contributed by atoms with Crippen molar-refractivity contribution in [3.05, 3.63) is 71.9 Å². The summed E-state index contributed by atoms with van der Waals surface area (Å²) in [6.07, 6.45) is 3.50. The van der Waals surface area contributed by atoms with Gasteiger partial charge in [0.05, 0.1) is 35.6 Å². The van der Waals surface area contributed by atoms with Gasteiger partial charge in [0.25, 0.3) is 5.91 Å². The molecule has 0 bridgehead atoms. The zero-order valence-electron chi connectivity index (χ0n) is 20.5. The first-order valence-electron chi connectivity index (χ1n) is 12.2. The topological polar surface area (TPSA) is 95.7 Å². The number of carbonyl (C=O) groups excluding carboxylic acids is 1. The van der Waals surface area contributed by atoms with E-state index in [-0.39, 0.29) is 18.6 Å². The van der Waals surface area contributed by atoms with E-state index in [9.17, 15) is 10.1 Å². The van der Waals surface area contributed by atoms with Crippen molar-refractivity contribution in [1.82, 2.24) is 9.88 Å². The lowest BCUT2D eigenvalue weighted by atomic mass is 10.0. The zero-order valence-corrected chi connectivity index (χ0v) is 21.3. The average Bonchev–Trinajstić information content (AvgIpc) is 3.38. The fourth-order valence-corrected chi connectivity index (χ4v) is 5.57. The summed E-state index contributed by atoms with van der Waals surface area (Å²) < 4.78 is 12.6. The van der Waals surface area contributed by atoms with Crippen LogP contribution in [0.5, 0.6) is 5.75 Å². The van der Waals surface area contributed by atoms with Crippen LogP contribution in [-0.2, 0) is 4.74 Å². The highest BCUT2D eigenvalue weighted by Crippen LogP contribution is 2.39. The summed E-state index contributed by atoms with van der Waals surface area (Å²) in [6.45, 7) is 1.58. The first-order valence-corrected chi connectivity index (χ1v) is 13.0. The molecule has 5 rings (SSSR count). The van der Waals surface area contributed by atoms with Gasteiger partial charge in [-0.1, -0.05) is 18.2 Å². The maximum absolute atomic E-state index is 12.5. The molecule has 1 saturated heterocycles. The Bertz CT molecular complexity index is 1450. The smallest absolute Gasteiger partial charge is 0.253 e. The molecule has 188 valence electrons. The van der Waals surface area contributed by atoms with E-state index in [1.54, 1.807) is 36.7 Å². The van der Waals surface area contributed by atoms with Gasteiger partial charge in [-0.2, -0.15) is 5.26 Å². The fraction of sp³-hybridized carbons (Fsp3) is 0.276. The van der Waals surface area contributed by atoms with Crippen molar-refractivity contribution in [2.45, 2.75) is 18.9 Å². The largest absolute Gasteiger partial charge is 0.489 e. The van der Waals surface area contributed by atoms with Gasteiger partial charge in [-0.3, -0.25) is 9.78 Å². The number of aromatic nitrogens is 1. The van der Waals surface area contributed by atoms with Gasteiger partial charge in [0.15, 0.2) is 0 Å². The van der Waals surface area contributed by atoms with Crippen LogP contribution in [0, 0.1) is 11.3 Å². The number of carbonyl (C=O) groups is 1. The molecule has 37 heavy (non-hydrogen) atoms. The minimum absolute atomic E-state index is 0.0657. The van der Waals surface area contributed by atoms with Crippen LogP contribution in [0.25, 0.3) is 31.8 Å². The number of benzene rings is 2. The van der Waals surface area contributed by atoms with Crippen molar-refractivity contribution in [3.8, 4) is 33.4 Å². The maximum Gasteiger partial charge on any atom is 0.253 e. The Labute approximate surface area is 219 Å². The number of likely N-dealkylation sites (N-methyl/N-ethyl adjacent to an activating group) is 1. The van der Waals surface area contributed by atoms with Crippen molar-refractivity contribution in [1.29, 1.82) is 5.26 Å². The van der Waals surface area contributed by atoms with Gasteiger partial charge in [-0.05, 0) is 47.5 Å². The molecule has 1 aliphatic rings. The number of fused-ring (bicyclic) bond motifs is 1. The summed E-state index contributed by atoms with van der Waals surface area (Å²) in [5.41, 5.74) is 4.90. The number of ether oxygens (including phenoxy) is 2. The lowest BCUT2D eigenvalue weighted by Crippen LogP contribution is -2.29. The number of hydrogen-bond donors (Lipinski definition) is 1. The molecule has 7 nitrogen and oxygen atoms in total. The molecule has 8 heteroatoms. The van der Waals surface area contributed by atoms with Crippen LogP contribution in [-0.4, -0.2) is 60.4 Å². The molecule has 0 unspecified atom stereocenters. The first kappa shape index (κ1) is 24.9. The number of aliphatic hydroxyl groups excluding tert-OH is 1. The first-order chi connectivity index (χ1) is 18.1. The summed E-state index contributed by atoms with van der Waals surface area (Å²) in [7, 11) is 1.67. The molecule has 0 saturated carbocycles. The van der Waals surface area contributed by atoms with E-state index < -0.39 is 0 Å². The maximum atomic E-state index is 12.5. The lowest BCUT2D eigenvalue weighted by molar-refractivity contribution is 0.0254. The molecule has 2 aromatic heterocycles. The molecule has 1 fully saturated rings. The quantitative estimate of drug-likeness (QED) is 0.368. The summed E-state index contributed by atoms with van der Waals surface area (Å²) in [5, 5.41) is 18.9. The molecule has 0 radical (unpaired) electrons. The molecular formula is C29H27N3O4S. The highest BCUT2D eigenvalue weighted by molar-refractivity contribution is 7.22. The van der Waals surface area contributed by atoms with Crippen LogP contribution in [0.4, 0.5) is 0 Å². The monoisotopic (exact) mass is 513 g/mol. The molecular weight excluding hydrogens is 486 g/mol. The Balaban J connectivity index is 1.43. The van der Waals surface area contributed by atoms with Gasteiger partial charge in [-0.25, -0.2) is 0 Å². The second-order valence-electron chi connectivity index (χ2n) is 8.96. The number of amides is 1. The zero-order chi connectivity index (χ0) is 25.8. The third-order valence-corrected chi connectivity index (χ3v) is 7.69. The Kier molecular flexibility index (Phi) is 7.47. The second-order valence-corrected chi connectivity index (χ2v) is 10.0. The molecule has 4 aromatic rings. The molecule has 1 N–H and O–H groups in total. The molecule has 0 aliphatic carbocycles. The minimum Gasteiger partial charge on any atom is -0.489 e. The Morgan fingerprint density at radius 1 is 1.16 bits per heavy atom. The molecule has 2 aromatic carbocycles. The summed E-state index contributed by atoms with van der Waals surface area (Å²) in [5.74, 6) is 0.480. The van der Waals surface area contributed by atoms with Gasteiger partial charge < -0.3 is 19.5 Å². The van der Waals surface area contributed by atoms with Crippen LogP contribution >= 0.6 is 11.3 Å². The van der Waals surface area contributed by atoms with E-state index in [2.05, 4.69) is 11.1 Å². The van der Waals surface area contributed by atoms with E-state index in [0.717, 1.165) is 44.6 Å². The molecule has 1 aliphatic heterocycles. The van der Waals surface area contributed by atoms with Crippen molar-refractivity contribution < 1.29 is 19.4 Å². The number of rotatable bonds is 7. The van der Waals surface area contributed by atoms with E-state index in [0.29, 0.717) is 36.6 Å². The van der Waals surface area contributed by atoms with E-state index in [1.165, 1.54) is 4.90 Å². The van der Waals surface area contributed by atoms with Crippen molar-refractivity contribution in [2.24, 2.45) is 0 Å². The third kappa shape index (κ3) is 5.35. The van der Waals surface area contributed by atoms with E-state index >= 15 is 0 Å². The summed E-state index contributed by atoms with van der Waals surface area (Å²) >= 11 is 1.63. The number of nitrogens with zero attached hydrogens (tertiary/aromatic N) is 3. The van der Waals surface area contributed by atoms with Crippen LogP contribution < -0.4 is 4.74 Å². The van der Waals surface area contributed by atoms with Crippen LogP contribution in [0.15, 0.2) is 60.8 Å². The number of nitriles is 1. The Morgan fingerprint density at radius 2 is 1.92 bits per heavy atom. The molecule has 1 amide bonds. The highest BCUT2D eigenvalue weighted by Gasteiger charge is 2.18. The highest BCUT2D eigenvalue weighted by atomic mass is 32.1. The molecule has 0 spiro atoms. The van der Waals surface area contributed by atoms with Gasteiger partial charge in [0.2, 0.25) is 0 Å². The average molecular weight is 514 g/mol.